The van der Waals surface area contributed by atoms with Gasteiger partial charge in [-0.15, -0.1) is 0 Å². The van der Waals surface area contributed by atoms with Crippen molar-refractivity contribution in [3.8, 4) is 6.07 Å². The quantitative estimate of drug-likeness (QED) is 0.280. The van der Waals surface area contributed by atoms with Crippen molar-refractivity contribution >= 4 is 23.3 Å². The normalized spacial score (nSPS) is 15.0. The Labute approximate surface area is 174 Å². The maximum absolute atomic E-state index is 12.6. The summed E-state index contributed by atoms with van der Waals surface area (Å²) in [5.74, 6) is -1.36. The summed E-state index contributed by atoms with van der Waals surface area (Å²) in [6.07, 6.45) is 3.90. The standard InChI is InChI=1S/C20H26N4O6/c1-23(20(14-21)8-4-3-5-9-20)18(25)13-30-19(26)16-12-15(24(27)28)6-7-17(16)22-10-11-29-2/h6-7,12,22H,3-5,8-11,13H2,1-2H3. The van der Waals surface area contributed by atoms with Crippen LogP contribution in [0.3, 0.4) is 0 Å². The lowest BCUT2D eigenvalue weighted by Crippen LogP contribution is -2.51. The zero-order valence-corrected chi connectivity index (χ0v) is 17.2. The largest absolute Gasteiger partial charge is 0.452 e. The summed E-state index contributed by atoms with van der Waals surface area (Å²) < 4.78 is 10.1. The molecule has 0 atom stereocenters. The van der Waals surface area contributed by atoms with Gasteiger partial charge in [0.05, 0.1) is 23.2 Å². The van der Waals surface area contributed by atoms with Crippen molar-refractivity contribution in [3.05, 3.63) is 33.9 Å². The zero-order chi connectivity index (χ0) is 22.1. The van der Waals surface area contributed by atoms with Gasteiger partial charge in [0.1, 0.15) is 5.54 Å². The van der Waals surface area contributed by atoms with E-state index in [-0.39, 0.29) is 11.3 Å². The number of benzene rings is 1. The van der Waals surface area contributed by atoms with Gasteiger partial charge in [0.25, 0.3) is 11.6 Å². The van der Waals surface area contributed by atoms with E-state index in [1.807, 2.05) is 0 Å². The van der Waals surface area contributed by atoms with Crippen LogP contribution in [0.5, 0.6) is 0 Å². The zero-order valence-electron chi connectivity index (χ0n) is 17.2. The van der Waals surface area contributed by atoms with Crippen LogP contribution in [-0.2, 0) is 14.3 Å². The number of nitro benzene ring substituents is 1. The van der Waals surface area contributed by atoms with Crippen LogP contribution < -0.4 is 5.32 Å². The van der Waals surface area contributed by atoms with Crippen molar-refractivity contribution in [2.24, 2.45) is 0 Å². The number of likely N-dealkylation sites (N-methyl/N-ethyl adjacent to an activating group) is 1. The van der Waals surface area contributed by atoms with Crippen LogP contribution in [0.15, 0.2) is 18.2 Å². The van der Waals surface area contributed by atoms with Crippen molar-refractivity contribution < 1.29 is 24.0 Å². The van der Waals surface area contributed by atoms with Gasteiger partial charge in [0.2, 0.25) is 0 Å². The fourth-order valence-corrected chi connectivity index (χ4v) is 3.46. The van der Waals surface area contributed by atoms with E-state index in [1.165, 1.54) is 31.2 Å². The Morgan fingerprint density at radius 1 is 1.33 bits per heavy atom. The Morgan fingerprint density at radius 3 is 2.63 bits per heavy atom. The Bertz CT molecular complexity index is 829. The second-order valence-corrected chi connectivity index (χ2v) is 7.14. The molecule has 1 aromatic rings. The number of hydrogen-bond acceptors (Lipinski definition) is 8. The molecule has 0 unspecified atom stereocenters. The van der Waals surface area contributed by atoms with Gasteiger partial charge in [-0.3, -0.25) is 14.9 Å². The number of esters is 1. The van der Waals surface area contributed by atoms with Crippen molar-refractivity contribution in [1.29, 1.82) is 5.26 Å². The van der Waals surface area contributed by atoms with Gasteiger partial charge < -0.3 is 19.7 Å². The van der Waals surface area contributed by atoms with Crippen LogP contribution in [-0.4, -0.2) is 61.2 Å². The second-order valence-electron chi connectivity index (χ2n) is 7.14. The number of non-ortho nitro benzene ring substituents is 1. The van der Waals surface area contributed by atoms with Gasteiger partial charge in [-0.1, -0.05) is 19.3 Å². The van der Waals surface area contributed by atoms with E-state index in [0.29, 0.717) is 31.7 Å². The molecule has 1 N–H and O–H groups in total. The summed E-state index contributed by atoms with van der Waals surface area (Å²) in [5.41, 5.74) is -0.874. The van der Waals surface area contributed by atoms with Crippen molar-refractivity contribution in [1.82, 2.24) is 4.90 Å². The summed E-state index contributed by atoms with van der Waals surface area (Å²) in [6, 6.07) is 6.02. The molecule has 0 spiro atoms. The molecule has 1 saturated carbocycles. The molecular formula is C20H26N4O6. The third kappa shape index (κ3) is 5.45. The maximum Gasteiger partial charge on any atom is 0.341 e. The third-order valence-electron chi connectivity index (χ3n) is 5.29. The number of ether oxygens (including phenoxy) is 2. The molecule has 1 aliphatic carbocycles. The lowest BCUT2D eigenvalue weighted by Gasteiger charge is -2.38. The van der Waals surface area contributed by atoms with E-state index in [2.05, 4.69) is 11.4 Å². The Balaban J connectivity index is 2.10. The van der Waals surface area contributed by atoms with Crippen molar-refractivity contribution in [3.63, 3.8) is 0 Å². The van der Waals surface area contributed by atoms with E-state index < -0.39 is 28.9 Å². The lowest BCUT2D eigenvalue weighted by atomic mass is 9.81. The number of carbonyl (C=O) groups is 2. The minimum Gasteiger partial charge on any atom is -0.452 e. The predicted octanol–water partition coefficient (Wildman–Crippen LogP) is 2.49. The monoisotopic (exact) mass is 418 g/mol. The first-order chi connectivity index (χ1) is 14.3. The highest BCUT2D eigenvalue weighted by Gasteiger charge is 2.39. The average molecular weight is 418 g/mol. The minimum atomic E-state index is -0.889. The van der Waals surface area contributed by atoms with E-state index in [4.69, 9.17) is 9.47 Å². The second kappa shape index (κ2) is 10.5. The minimum absolute atomic E-state index is 0.0524. The molecule has 10 heteroatoms. The molecule has 0 aliphatic heterocycles. The van der Waals surface area contributed by atoms with Gasteiger partial charge in [0.15, 0.2) is 6.61 Å². The van der Waals surface area contributed by atoms with Crippen LogP contribution in [0, 0.1) is 21.4 Å². The van der Waals surface area contributed by atoms with Crippen LogP contribution in [0.2, 0.25) is 0 Å². The van der Waals surface area contributed by atoms with E-state index in [9.17, 15) is 25.0 Å². The number of methoxy groups -OCH3 is 1. The number of nitrogens with zero attached hydrogens (tertiary/aromatic N) is 3. The Morgan fingerprint density at radius 2 is 2.03 bits per heavy atom. The first kappa shape index (κ1) is 23.1. The molecule has 10 nitrogen and oxygen atoms in total. The van der Waals surface area contributed by atoms with Crippen LogP contribution in [0.25, 0.3) is 0 Å². The third-order valence-corrected chi connectivity index (χ3v) is 5.29. The number of rotatable bonds is 9. The number of amides is 1. The fourth-order valence-electron chi connectivity index (χ4n) is 3.46. The first-order valence-electron chi connectivity index (χ1n) is 9.71. The molecule has 30 heavy (non-hydrogen) atoms. The summed E-state index contributed by atoms with van der Waals surface area (Å²) in [6.45, 7) is 0.185. The number of nitriles is 1. The van der Waals surface area contributed by atoms with Crippen molar-refractivity contribution in [2.75, 3.05) is 39.2 Å². The van der Waals surface area contributed by atoms with E-state index in [0.717, 1.165) is 25.3 Å². The molecule has 0 radical (unpaired) electrons. The SMILES string of the molecule is COCCNc1ccc([N+](=O)[O-])cc1C(=O)OCC(=O)N(C)C1(C#N)CCCCC1. The molecule has 2 rings (SSSR count). The molecular weight excluding hydrogens is 392 g/mol. The smallest absolute Gasteiger partial charge is 0.341 e. The van der Waals surface area contributed by atoms with Gasteiger partial charge >= 0.3 is 5.97 Å². The maximum atomic E-state index is 12.6. The highest BCUT2D eigenvalue weighted by atomic mass is 16.6. The molecule has 0 aromatic heterocycles. The lowest BCUT2D eigenvalue weighted by molar-refractivity contribution is -0.384. The molecule has 0 heterocycles. The number of nitro groups is 1. The van der Waals surface area contributed by atoms with E-state index in [1.54, 1.807) is 0 Å². The fraction of sp³-hybridized carbons (Fsp3) is 0.550. The van der Waals surface area contributed by atoms with Crippen LogP contribution in [0.1, 0.15) is 42.5 Å². The molecule has 1 fully saturated rings. The van der Waals surface area contributed by atoms with Crippen LogP contribution in [0.4, 0.5) is 11.4 Å². The molecule has 1 aliphatic rings. The predicted molar refractivity (Wildman–Crippen MR) is 108 cm³/mol. The van der Waals surface area contributed by atoms with Gasteiger partial charge in [-0.05, 0) is 18.9 Å². The Hall–Kier alpha value is -3.19. The number of anilines is 1. The number of nitrogens with one attached hydrogen (secondary N) is 1. The average Bonchev–Trinajstić information content (AvgIpc) is 2.77. The first-order valence-corrected chi connectivity index (χ1v) is 9.71. The number of hydrogen-bond donors (Lipinski definition) is 1. The highest BCUT2D eigenvalue weighted by Crippen LogP contribution is 2.32. The summed E-state index contributed by atoms with van der Waals surface area (Å²) >= 11 is 0. The highest BCUT2D eigenvalue weighted by molar-refractivity contribution is 5.97. The molecule has 0 bridgehead atoms. The van der Waals surface area contributed by atoms with Gasteiger partial charge in [-0.2, -0.15) is 5.26 Å². The van der Waals surface area contributed by atoms with Crippen LogP contribution >= 0.6 is 0 Å². The molecule has 1 aromatic carbocycles. The van der Waals surface area contributed by atoms with Gasteiger partial charge in [0, 0.05) is 38.5 Å². The topological polar surface area (TPSA) is 135 Å². The van der Waals surface area contributed by atoms with E-state index >= 15 is 0 Å². The summed E-state index contributed by atoms with van der Waals surface area (Å²) in [4.78, 5) is 36.9. The molecule has 0 saturated heterocycles. The molecule has 1 amide bonds. The summed E-state index contributed by atoms with van der Waals surface area (Å²) in [7, 11) is 3.06. The molecule has 162 valence electrons. The van der Waals surface area contributed by atoms with Crippen molar-refractivity contribution in [2.45, 2.75) is 37.6 Å². The summed E-state index contributed by atoms with van der Waals surface area (Å²) in [5, 5.41) is 23.6. The number of carbonyl (C=O) groups excluding carboxylic acids is 2. The van der Waals surface area contributed by atoms with Gasteiger partial charge in [-0.25, -0.2) is 4.79 Å². The Kier molecular flexibility index (Phi) is 8.12.